The Balaban J connectivity index is 0.00000288. The second-order valence-corrected chi connectivity index (χ2v) is 5.77. The minimum Gasteiger partial charge on any atom is -0.314 e. The van der Waals surface area contributed by atoms with Crippen LogP contribution >= 0.6 is 36.4 Å². The van der Waals surface area contributed by atoms with E-state index in [4.69, 9.17) is 11.6 Å². The van der Waals surface area contributed by atoms with Crippen LogP contribution in [0.25, 0.3) is 0 Å². The van der Waals surface area contributed by atoms with Gasteiger partial charge in [0.05, 0.1) is 17.0 Å². The maximum absolute atomic E-state index is 12.9. The molecule has 1 saturated heterocycles. The van der Waals surface area contributed by atoms with E-state index in [1.54, 1.807) is 4.90 Å². The average Bonchev–Trinajstić information content (AvgIpc) is 2.43. The fraction of sp³-hybridized carbons (Fsp3) is 0.571. The van der Waals surface area contributed by atoms with Gasteiger partial charge in [-0.2, -0.15) is 26.3 Å². The average molecular weight is 434 g/mol. The molecular formula is C14H17Cl3F6N2. The molecule has 11 heteroatoms. The number of nitrogens with one attached hydrogen (secondary N) is 1. The molecule has 1 aromatic rings. The number of hydrogen-bond donors (Lipinski definition) is 1. The van der Waals surface area contributed by atoms with E-state index in [-0.39, 0.29) is 30.4 Å². The van der Waals surface area contributed by atoms with Crippen LogP contribution in [0.2, 0.25) is 5.02 Å². The van der Waals surface area contributed by atoms with Crippen LogP contribution in [0.4, 0.5) is 26.3 Å². The first kappa shape index (κ1) is 24.6. The van der Waals surface area contributed by atoms with Gasteiger partial charge in [0.15, 0.2) is 0 Å². The lowest BCUT2D eigenvalue weighted by Crippen LogP contribution is -2.46. The SMILES string of the molecule is Cl.Cl.FC(F)(F)C[C@@H](c1ccc(C(F)(F)F)c(Cl)c1)N1CCNCC1. The van der Waals surface area contributed by atoms with Crippen molar-refractivity contribution in [2.45, 2.75) is 24.8 Å². The van der Waals surface area contributed by atoms with Gasteiger partial charge in [-0.05, 0) is 17.7 Å². The standard InChI is InChI=1S/C14H15ClF6N2.2ClH/c15-11-7-9(1-2-10(11)14(19,20)21)12(8-13(16,17)18)23-5-3-22-4-6-23;;/h1-2,7,12,22H,3-6,8H2;2*1H/t12-;;/m0../s1. The molecule has 1 N–H and O–H groups in total. The summed E-state index contributed by atoms with van der Waals surface area (Å²) in [4.78, 5) is 1.61. The Kier molecular flexibility index (Phi) is 9.35. The number of hydrogen-bond acceptors (Lipinski definition) is 2. The van der Waals surface area contributed by atoms with Gasteiger partial charge < -0.3 is 5.32 Å². The third-order valence-corrected chi connectivity index (χ3v) is 4.01. The summed E-state index contributed by atoms with van der Waals surface area (Å²) in [6, 6.07) is 1.76. The Morgan fingerprint density at radius 1 is 1.04 bits per heavy atom. The normalized spacial score (nSPS) is 17.4. The number of benzene rings is 1. The van der Waals surface area contributed by atoms with Gasteiger partial charge in [0, 0.05) is 32.2 Å². The van der Waals surface area contributed by atoms with Crippen molar-refractivity contribution >= 4 is 36.4 Å². The Hall–Kier alpha value is -0.410. The lowest BCUT2D eigenvalue weighted by Gasteiger charge is -2.35. The van der Waals surface area contributed by atoms with Crippen molar-refractivity contribution < 1.29 is 26.3 Å². The molecule has 0 bridgehead atoms. The number of alkyl halides is 6. The van der Waals surface area contributed by atoms with Crippen LogP contribution in [0.1, 0.15) is 23.6 Å². The van der Waals surface area contributed by atoms with Crippen molar-refractivity contribution in [1.82, 2.24) is 10.2 Å². The molecule has 1 aliphatic heterocycles. The topological polar surface area (TPSA) is 15.3 Å². The highest BCUT2D eigenvalue weighted by Gasteiger charge is 2.37. The molecule has 0 aliphatic carbocycles. The van der Waals surface area contributed by atoms with Crippen molar-refractivity contribution in [3.05, 3.63) is 34.3 Å². The molecule has 0 spiro atoms. The molecule has 2 rings (SSSR count). The largest absolute Gasteiger partial charge is 0.417 e. The predicted molar refractivity (Wildman–Crippen MR) is 88.8 cm³/mol. The minimum atomic E-state index is -4.63. The van der Waals surface area contributed by atoms with Gasteiger partial charge in [0.25, 0.3) is 0 Å². The third kappa shape index (κ3) is 7.02. The molecule has 1 aliphatic rings. The van der Waals surface area contributed by atoms with E-state index in [2.05, 4.69) is 5.32 Å². The summed E-state index contributed by atoms with van der Waals surface area (Å²) >= 11 is 5.64. The minimum absolute atomic E-state index is 0. The van der Waals surface area contributed by atoms with Gasteiger partial charge in [-0.1, -0.05) is 17.7 Å². The van der Waals surface area contributed by atoms with Crippen molar-refractivity contribution in [3.8, 4) is 0 Å². The maximum atomic E-state index is 12.9. The number of rotatable bonds is 3. The summed E-state index contributed by atoms with van der Waals surface area (Å²) in [5, 5.41) is 2.44. The summed E-state index contributed by atoms with van der Waals surface area (Å²) in [5.41, 5.74) is -0.906. The molecule has 1 fully saturated rings. The Morgan fingerprint density at radius 2 is 1.60 bits per heavy atom. The zero-order valence-electron chi connectivity index (χ0n) is 12.8. The molecule has 1 atom stereocenters. The van der Waals surface area contributed by atoms with Gasteiger partial charge in [-0.25, -0.2) is 0 Å². The van der Waals surface area contributed by atoms with Gasteiger partial charge in [-0.3, -0.25) is 4.90 Å². The zero-order valence-corrected chi connectivity index (χ0v) is 15.1. The highest BCUT2D eigenvalue weighted by atomic mass is 35.5. The van der Waals surface area contributed by atoms with Crippen LogP contribution < -0.4 is 5.32 Å². The second kappa shape index (κ2) is 9.50. The van der Waals surface area contributed by atoms with Gasteiger partial charge in [0.2, 0.25) is 0 Å². The Labute approximate surface area is 158 Å². The quantitative estimate of drug-likeness (QED) is 0.667. The van der Waals surface area contributed by atoms with Crippen molar-refractivity contribution in [3.63, 3.8) is 0 Å². The molecule has 0 aromatic heterocycles. The first-order valence-corrected chi connectivity index (χ1v) is 7.34. The molecule has 0 amide bonds. The van der Waals surface area contributed by atoms with Crippen molar-refractivity contribution in [1.29, 1.82) is 0 Å². The van der Waals surface area contributed by atoms with Crippen LogP contribution in [0, 0.1) is 0 Å². The van der Waals surface area contributed by atoms with Crippen LogP contribution in [0.5, 0.6) is 0 Å². The molecule has 1 aromatic carbocycles. The molecule has 25 heavy (non-hydrogen) atoms. The fourth-order valence-corrected chi connectivity index (χ4v) is 2.94. The lowest BCUT2D eigenvalue weighted by atomic mass is 9.99. The van der Waals surface area contributed by atoms with E-state index < -0.39 is 35.4 Å². The highest BCUT2D eigenvalue weighted by molar-refractivity contribution is 6.31. The molecule has 0 saturated carbocycles. The summed E-state index contributed by atoms with van der Waals surface area (Å²) in [6.45, 7) is 1.84. The Bertz CT molecular complexity index is 544. The van der Waals surface area contributed by atoms with Crippen molar-refractivity contribution in [2.24, 2.45) is 0 Å². The summed E-state index contributed by atoms with van der Waals surface area (Å²) in [5.74, 6) is 0. The fourth-order valence-electron chi connectivity index (χ4n) is 2.64. The molecular weight excluding hydrogens is 417 g/mol. The van der Waals surface area contributed by atoms with E-state index in [1.165, 1.54) is 0 Å². The first-order chi connectivity index (χ1) is 10.6. The summed E-state index contributed by atoms with van der Waals surface area (Å²) < 4.78 is 76.8. The van der Waals surface area contributed by atoms with Crippen LogP contribution in [0.3, 0.4) is 0 Å². The smallest absolute Gasteiger partial charge is 0.314 e. The zero-order chi connectivity index (χ0) is 17.3. The van der Waals surface area contributed by atoms with E-state index >= 15 is 0 Å². The van der Waals surface area contributed by atoms with Gasteiger partial charge >= 0.3 is 12.4 Å². The molecule has 0 unspecified atom stereocenters. The van der Waals surface area contributed by atoms with E-state index in [0.717, 1.165) is 18.2 Å². The second-order valence-electron chi connectivity index (χ2n) is 5.36. The molecule has 1 heterocycles. The molecule has 0 radical (unpaired) electrons. The van der Waals surface area contributed by atoms with E-state index in [9.17, 15) is 26.3 Å². The highest BCUT2D eigenvalue weighted by Crippen LogP contribution is 2.39. The van der Waals surface area contributed by atoms with Crippen LogP contribution in [0.15, 0.2) is 18.2 Å². The number of piperazine rings is 1. The first-order valence-electron chi connectivity index (χ1n) is 6.96. The van der Waals surface area contributed by atoms with Gasteiger partial charge in [-0.15, -0.1) is 24.8 Å². The van der Waals surface area contributed by atoms with E-state index in [0.29, 0.717) is 26.2 Å². The Morgan fingerprint density at radius 3 is 2.04 bits per heavy atom. The van der Waals surface area contributed by atoms with Crippen LogP contribution in [-0.4, -0.2) is 37.3 Å². The van der Waals surface area contributed by atoms with Crippen LogP contribution in [-0.2, 0) is 6.18 Å². The molecule has 146 valence electrons. The lowest BCUT2D eigenvalue weighted by molar-refractivity contribution is -0.149. The molecule has 2 nitrogen and oxygen atoms in total. The number of halogens is 9. The van der Waals surface area contributed by atoms with E-state index in [1.807, 2.05) is 0 Å². The number of nitrogens with zero attached hydrogens (tertiary/aromatic N) is 1. The summed E-state index contributed by atoms with van der Waals surface area (Å²) in [7, 11) is 0. The van der Waals surface area contributed by atoms with Gasteiger partial charge in [0.1, 0.15) is 0 Å². The van der Waals surface area contributed by atoms with Crippen molar-refractivity contribution in [2.75, 3.05) is 26.2 Å². The predicted octanol–water partition coefficient (Wildman–Crippen LogP) is 5.10. The summed E-state index contributed by atoms with van der Waals surface area (Å²) in [6.07, 6.45) is -10.2. The monoisotopic (exact) mass is 432 g/mol. The third-order valence-electron chi connectivity index (χ3n) is 3.70. The maximum Gasteiger partial charge on any atom is 0.417 e.